The van der Waals surface area contributed by atoms with Gasteiger partial charge in [-0.1, -0.05) is 6.92 Å². The Hall–Kier alpha value is -0.640. The van der Waals surface area contributed by atoms with Crippen molar-refractivity contribution in [3.8, 4) is 0 Å². The highest BCUT2D eigenvalue weighted by Crippen LogP contribution is 2.20. The summed E-state index contributed by atoms with van der Waals surface area (Å²) in [6.45, 7) is 4.26. The van der Waals surface area contributed by atoms with Crippen LogP contribution in [0.2, 0.25) is 0 Å². The number of hydrogen-bond acceptors (Lipinski definition) is 4. The van der Waals surface area contributed by atoms with Crippen LogP contribution in [0.4, 0.5) is 0 Å². The molecule has 1 heterocycles. The normalized spacial score (nSPS) is 22.7. The lowest BCUT2D eigenvalue weighted by Crippen LogP contribution is -2.33. The minimum absolute atomic E-state index is 0.281. The van der Waals surface area contributed by atoms with Gasteiger partial charge in [0.1, 0.15) is 0 Å². The first-order valence-electron chi connectivity index (χ1n) is 4.88. The van der Waals surface area contributed by atoms with E-state index in [9.17, 15) is 4.79 Å². The maximum atomic E-state index is 10.9. The Labute approximate surface area is 89.5 Å². The molecule has 1 aliphatic heterocycles. The van der Waals surface area contributed by atoms with E-state index in [1.54, 1.807) is 0 Å². The van der Waals surface area contributed by atoms with Crippen molar-refractivity contribution in [2.75, 3.05) is 26.0 Å². The summed E-state index contributed by atoms with van der Waals surface area (Å²) in [4.78, 5) is 13.0. The van der Waals surface area contributed by atoms with Crippen LogP contribution in [-0.4, -0.2) is 42.1 Å². The van der Waals surface area contributed by atoms with Crippen LogP contribution in [0.5, 0.6) is 0 Å². The van der Waals surface area contributed by atoms with Gasteiger partial charge in [-0.05, 0) is 6.42 Å². The number of nitrogens with zero attached hydrogens (tertiary/aromatic N) is 1. The summed E-state index contributed by atoms with van der Waals surface area (Å²) in [5, 5.41) is 0.700. The lowest BCUT2D eigenvalue weighted by molar-refractivity contribution is -0.134. The Morgan fingerprint density at radius 2 is 2.50 bits per heavy atom. The first kappa shape index (κ1) is 11.4. The zero-order chi connectivity index (χ0) is 10.4. The van der Waals surface area contributed by atoms with Gasteiger partial charge in [0.15, 0.2) is 0 Å². The molecular formula is C10H17NO2S. The number of esters is 1. The van der Waals surface area contributed by atoms with Crippen LogP contribution in [0.3, 0.4) is 0 Å². The zero-order valence-electron chi connectivity index (χ0n) is 8.73. The molecule has 0 aromatic rings. The average molecular weight is 215 g/mol. The van der Waals surface area contributed by atoms with E-state index in [4.69, 9.17) is 0 Å². The largest absolute Gasteiger partial charge is 0.466 e. The Morgan fingerprint density at radius 3 is 3.14 bits per heavy atom. The van der Waals surface area contributed by atoms with E-state index >= 15 is 0 Å². The maximum Gasteiger partial charge on any atom is 0.331 e. The quantitative estimate of drug-likeness (QED) is 0.527. The number of methoxy groups -OCH3 is 1. The van der Waals surface area contributed by atoms with Crippen molar-refractivity contribution in [1.82, 2.24) is 4.90 Å². The predicted molar refractivity (Wildman–Crippen MR) is 59.3 cm³/mol. The second-order valence-corrected chi connectivity index (χ2v) is 4.64. The summed E-state index contributed by atoms with van der Waals surface area (Å²) < 4.78 is 4.54. The summed E-state index contributed by atoms with van der Waals surface area (Å²) >= 11 is 2.02. The van der Waals surface area contributed by atoms with E-state index in [0.29, 0.717) is 5.25 Å². The first-order chi connectivity index (χ1) is 6.76. The predicted octanol–water partition coefficient (Wildman–Crippen LogP) is 1.50. The van der Waals surface area contributed by atoms with Gasteiger partial charge in [-0.3, -0.25) is 0 Å². The van der Waals surface area contributed by atoms with Gasteiger partial charge in [0.05, 0.1) is 7.11 Å². The summed E-state index contributed by atoms with van der Waals surface area (Å²) in [7, 11) is 1.40. The third-order valence-corrected chi connectivity index (χ3v) is 3.62. The third kappa shape index (κ3) is 3.62. The van der Waals surface area contributed by atoms with Gasteiger partial charge in [0.25, 0.3) is 0 Å². The number of carbonyl (C=O) groups is 1. The molecule has 1 fully saturated rings. The summed E-state index contributed by atoms with van der Waals surface area (Å²) in [6.07, 6.45) is 4.52. The number of carbonyl (C=O) groups excluding carboxylic acids is 1. The number of hydrogen-bond donors (Lipinski definition) is 0. The van der Waals surface area contributed by atoms with Crippen molar-refractivity contribution in [2.24, 2.45) is 0 Å². The highest BCUT2D eigenvalue weighted by atomic mass is 32.2. The summed E-state index contributed by atoms with van der Waals surface area (Å²) in [5.41, 5.74) is 0. The van der Waals surface area contributed by atoms with Gasteiger partial charge in [-0.15, -0.1) is 0 Å². The number of thioether (sulfide) groups is 1. The van der Waals surface area contributed by atoms with Crippen LogP contribution >= 0.6 is 11.8 Å². The van der Waals surface area contributed by atoms with Crippen LogP contribution in [0.25, 0.3) is 0 Å². The SMILES string of the molecule is CCC1CN(/C=C/C(=O)OC)CCS1. The topological polar surface area (TPSA) is 29.5 Å². The van der Waals surface area contributed by atoms with Gasteiger partial charge in [0.2, 0.25) is 0 Å². The molecule has 3 nitrogen and oxygen atoms in total. The van der Waals surface area contributed by atoms with E-state index in [-0.39, 0.29) is 5.97 Å². The first-order valence-corrected chi connectivity index (χ1v) is 5.93. The molecule has 0 bridgehead atoms. The molecule has 0 aromatic heterocycles. The van der Waals surface area contributed by atoms with Crippen LogP contribution in [0.15, 0.2) is 12.3 Å². The standard InChI is InChI=1S/C10H17NO2S/c1-3-9-8-11(6-7-14-9)5-4-10(12)13-2/h4-5,9H,3,6-8H2,1-2H3/b5-4+. The van der Waals surface area contributed by atoms with Gasteiger partial charge in [0, 0.05) is 36.4 Å². The monoisotopic (exact) mass is 215 g/mol. The van der Waals surface area contributed by atoms with E-state index in [2.05, 4.69) is 16.6 Å². The Bertz CT molecular complexity index is 218. The van der Waals surface area contributed by atoms with Crippen LogP contribution in [0.1, 0.15) is 13.3 Å². The molecule has 1 atom stereocenters. The molecule has 4 heteroatoms. The highest BCUT2D eigenvalue weighted by Gasteiger charge is 2.16. The molecule has 14 heavy (non-hydrogen) atoms. The maximum absolute atomic E-state index is 10.9. The Morgan fingerprint density at radius 1 is 1.71 bits per heavy atom. The van der Waals surface area contributed by atoms with Crippen LogP contribution < -0.4 is 0 Å². The molecule has 0 amide bonds. The van der Waals surface area contributed by atoms with Gasteiger partial charge in [-0.2, -0.15) is 11.8 Å². The summed E-state index contributed by atoms with van der Waals surface area (Å²) in [5.74, 6) is 0.862. The van der Waals surface area contributed by atoms with Crippen LogP contribution in [-0.2, 0) is 9.53 Å². The molecule has 0 radical (unpaired) electrons. The third-order valence-electron chi connectivity index (χ3n) is 2.25. The van der Waals surface area contributed by atoms with Gasteiger partial charge >= 0.3 is 5.97 Å². The van der Waals surface area contributed by atoms with Crippen molar-refractivity contribution >= 4 is 17.7 Å². The molecule has 1 rings (SSSR count). The van der Waals surface area contributed by atoms with E-state index in [0.717, 1.165) is 18.8 Å². The molecule has 0 aromatic carbocycles. The molecule has 0 aliphatic carbocycles. The number of rotatable bonds is 3. The lowest BCUT2D eigenvalue weighted by Gasteiger charge is -2.30. The second-order valence-electron chi connectivity index (χ2n) is 3.23. The minimum atomic E-state index is -0.281. The lowest BCUT2D eigenvalue weighted by atomic mass is 10.3. The molecule has 1 saturated heterocycles. The molecule has 80 valence electrons. The summed E-state index contributed by atoms with van der Waals surface area (Å²) in [6, 6.07) is 0. The van der Waals surface area contributed by atoms with E-state index in [1.807, 2.05) is 18.0 Å². The molecule has 1 unspecified atom stereocenters. The van der Waals surface area contributed by atoms with Crippen LogP contribution in [0, 0.1) is 0 Å². The molecule has 1 aliphatic rings. The minimum Gasteiger partial charge on any atom is -0.466 e. The highest BCUT2D eigenvalue weighted by molar-refractivity contribution is 8.00. The van der Waals surface area contributed by atoms with E-state index in [1.165, 1.54) is 19.6 Å². The molecular weight excluding hydrogens is 198 g/mol. The smallest absolute Gasteiger partial charge is 0.331 e. The second kappa shape index (κ2) is 5.96. The van der Waals surface area contributed by atoms with Gasteiger partial charge in [-0.25, -0.2) is 4.79 Å². The fourth-order valence-corrected chi connectivity index (χ4v) is 2.56. The van der Waals surface area contributed by atoms with E-state index < -0.39 is 0 Å². The zero-order valence-corrected chi connectivity index (χ0v) is 9.55. The van der Waals surface area contributed by atoms with Gasteiger partial charge < -0.3 is 9.64 Å². The van der Waals surface area contributed by atoms with Crippen molar-refractivity contribution in [3.63, 3.8) is 0 Å². The molecule has 0 saturated carbocycles. The fourth-order valence-electron chi connectivity index (χ4n) is 1.36. The Kier molecular flexibility index (Phi) is 4.87. The van der Waals surface area contributed by atoms with Crippen molar-refractivity contribution in [3.05, 3.63) is 12.3 Å². The van der Waals surface area contributed by atoms with Crippen molar-refractivity contribution in [1.29, 1.82) is 0 Å². The molecule has 0 spiro atoms. The van der Waals surface area contributed by atoms with Crippen molar-refractivity contribution in [2.45, 2.75) is 18.6 Å². The Balaban J connectivity index is 2.37. The molecule has 0 N–H and O–H groups in total. The number of ether oxygens (including phenoxy) is 1. The fraction of sp³-hybridized carbons (Fsp3) is 0.700. The average Bonchev–Trinajstić information content (AvgIpc) is 2.26. The van der Waals surface area contributed by atoms with Crippen molar-refractivity contribution < 1.29 is 9.53 Å².